The minimum absolute atomic E-state index is 0.479. The Labute approximate surface area is 266 Å². The van der Waals surface area contributed by atoms with E-state index in [2.05, 4.69) is 159 Å². The van der Waals surface area contributed by atoms with E-state index >= 15 is 0 Å². The number of hydrogen-bond donors (Lipinski definition) is 0. The molecule has 0 bridgehead atoms. The van der Waals surface area contributed by atoms with Crippen molar-refractivity contribution in [1.29, 1.82) is 0 Å². The van der Waals surface area contributed by atoms with Gasteiger partial charge in [-0.2, -0.15) is 0 Å². The highest BCUT2D eigenvalue weighted by molar-refractivity contribution is 6.26. The van der Waals surface area contributed by atoms with Gasteiger partial charge < -0.3 is 9.13 Å². The number of aromatic nitrogens is 2. The molecule has 8 rings (SSSR count). The van der Waals surface area contributed by atoms with Crippen LogP contribution in [0.15, 0.2) is 133 Å². The number of aryl methyl sites for hydroxylation is 3. The monoisotopic (exact) mass is 584 g/mol. The van der Waals surface area contributed by atoms with Crippen LogP contribution < -0.4 is 0 Å². The van der Waals surface area contributed by atoms with Crippen molar-refractivity contribution in [2.24, 2.45) is 7.05 Å². The zero-order valence-electron chi connectivity index (χ0n) is 26.9. The van der Waals surface area contributed by atoms with Gasteiger partial charge >= 0.3 is 0 Å². The van der Waals surface area contributed by atoms with Gasteiger partial charge in [-0.3, -0.25) is 0 Å². The summed E-state index contributed by atoms with van der Waals surface area (Å²) >= 11 is 0. The third-order valence-corrected chi connectivity index (χ3v) is 9.49. The van der Waals surface area contributed by atoms with Gasteiger partial charge in [0.2, 0.25) is 0 Å². The SMILES string of the molecule is CCC(C)c1ccc2c3ccc4c(c5ccccc5n4-c4ccccc4)c3n(C)c2c1-c1ccccc1C.Cc1ccccc1. The van der Waals surface area contributed by atoms with Crippen molar-refractivity contribution in [3.63, 3.8) is 0 Å². The summed E-state index contributed by atoms with van der Waals surface area (Å²) in [7, 11) is 2.26. The maximum Gasteiger partial charge on any atom is 0.0590 e. The predicted octanol–water partition coefficient (Wildman–Crippen LogP) is 11.9. The second kappa shape index (κ2) is 11.8. The number of nitrogens with zero attached hydrogens (tertiary/aromatic N) is 2. The molecule has 222 valence electrons. The average Bonchev–Trinajstić information content (AvgIpc) is 3.57. The number of rotatable bonds is 4. The molecule has 0 aliphatic rings. The molecule has 0 aliphatic carbocycles. The fourth-order valence-corrected chi connectivity index (χ4v) is 7.05. The minimum Gasteiger partial charge on any atom is -0.343 e. The van der Waals surface area contributed by atoms with Gasteiger partial charge in [-0.1, -0.05) is 129 Å². The zero-order valence-corrected chi connectivity index (χ0v) is 26.9. The van der Waals surface area contributed by atoms with Crippen LogP contribution in [0.4, 0.5) is 0 Å². The molecular formula is C43H40N2. The maximum atomic E-state index is 2.47. The number of para-hydroxylation sites is 2. The summed E-state index contributed by atoms with van der Waals surface area (Å²) < 4.78 is 4.89. The van der Waals surface area contributed by atoms with Crippen LogP contribution in [-0.2, 0) is 7.05 Å². The summed E-state index contributed by atoms with van der Waals surface area (Å²) in [6.45, 7) is 8.97. The summed E-state index contributed by atoms with van der Waals surface area (Å²) in [5, 5.41) is 5.26. The third kappa shape index (κ3) is 4.82. The number of benzene rings is 6. The molecule has 2 heterocycles. The van der Waals surface area contributed by atoms with Crippen molar-refractivity contribution < 1.29 is 0 Å². The van der Waals surface area contributed by atoms with Crippen LogP contribution in [0.25, 0.3) is 60.4 Å². The fourth-order valence-electron chi connectivity index (χ4n) is 7.05. The minimum atomic E-state index is 0.479. The average molecular weight is 585 g/mol. The summed E-state index contributed by atoms with van der Waals surface area (Å²) in [5.41, 5.74) is 13.1. The summed E-state index contributed by atoms with van der Waals surface area (Å²) in [6, 6.07) is 48.1. The Hall–Kier alpha value is -5.08. The Kier molecular flexibility index (Phi) is 7.51. The second-order valence-electron chi connectivity index (χ2n) is 12.3. The normalized spacial score (nSPS) is 12.1. The van der Waals surface area contributed by atoms with Crippen LogP contribution in [0.3, 0.4) is 0 Å². The molecule has 2 aromatic heterocycles. The molecule has 8 aromatic rings. The summed E-state index contributed by atoms with van der Waals surface area (Å²) in [4.78, 5) is 0. The molecule has 0 saturated heterocycles. The highest BCUT2D eigenvalue weighted by atomic mass is 15.0. The molecule has 2 heteroatoms. The predicted molar refractivity (Wildman–Crippen MR) is 195 cm³/mol. The van der Waals surface area contributed by atoms with E-state index in [1.807, 2.05) is 18.2 Å². The topological polar surface area (TPSA) is 9.86 Å². The van der Waals surface area contributed by atoms with E-state index in [9.17, 15) is 0 Å². The lowest BCUT2D eigenvalue weighted by Crippen LogP contribution is -2.00. The molecule has 0 N–H and O–H groups in total. The lowest BCUT2D eigenvalue weighted by molar-refractivity contribution is 0.735. The van der Waals surface area contributed by atoms with Crippen LogP contribution in [0, 0.1) is 13.8 Å². The van der Waals surface area contributed by atoms with Crippen molar-refractivity contribution >= 4 is 43.6 Å². The van der Waals surface area contributed by atoms with E-state index in [-0.39, 0.29) is 0 Å². The van der Waals surface area contributed by atoms with E-state index in [0.717, 1.165) is 6.42 Å². The van der Waals surface area contributed by atoms with Gasteiger partial charge in [0.1, 0.15) is 0 Å². The van der Waals surface area contributed by atoms with Crippen molar-refractivity contribution in [2.45, 2.75) is 40.0 Å². The fraction of sp³-hybridized carbons (Fsp3) is 0.163. The molecule has 1 unspecified atom stereocenters. The van der Waals surface area contributed by atoms with Crippen LogP contribution in [0.2, 0.25) is 0 Å². The lowest BCUT2D eigenvalue weighted by Gasteiger charge is -2.19. The van der Waals surface area contributed by atoms with Crippen molar-refractivity contribution in [3.8, 4) is 16.8 Å². The smallest absolute Gasteiger partial charge is 0.0590 e. The molecule has 0 amide bonds. The largest absolute Gasteiger partial charge is 0.343 e. The van der Waals surface area contributed by atoms with Gasteiger partial charge in [0.15, 0.2) is 0 Å². The lowest BCUT2D eigenvalue weighted by atomic mass is 9.87. The van der Waals surface area contributed by atoms with Crippen molar-refractivity contribution in [3.05, 3.63) is 150 Å². The summed E-state index contributed by atoms with van der Waals surface area (Å²) in [6.07, 6.45) is 1.11. The first-order valence-corrected chi connectivity index (χ1v) is 16.1. The Bertz CT molecular complexity index is 2280. The molecule has 0 fully saturated rings. The molecule has 0 saturated carbocycles. The molecule has 45 heavy (non-hydrogen) atoms. The standard InChI is InChI=1S/C36H32N2.C7H8/c1-5-23(2)27-19-20-28-29-21-22-32-34(30-17-11-12-18-31(30)38(32)25-14-7-6-8-15-25)36(29)37(4)35(28)33(27)26-16-10-9-13-24(26)3;1-7-5-3-2-4-6-7/h6-23H,5H2,1-4H3;2-6H,1H3. The van der Waals surface area contributed by atoms with Gasteiger partial charge in [0, 0.05) is 39.8 Å². The van der Waals surface area contributed by atoms with Crippen LogP contribution in [0.1, 0.15) is 42.9 Å². The van der Waals surface area contributed by atoms with Crippen molar-refractivity contribution in [2.75, 3.05) is 0 Å². The third-order valence-electron chi connectivity index (χ3n) is 9.49. The van der Waals surface area contributed by atoms with Crippen LogP contribution in [-0.4, -0.2) is 9.13 Å². The van der Waals surface area contributed by atoms with Gasteiger partial charge in [0.25, 0.3) is 0 Å². The molecular weight excluding hydrogens is 544 g/mol. The van der Waals surface area contributed by atoms with Gasteiger partial charge in [-0.05, 0) is 67.1 Å². The molecule has 0 aliphatic heterocycles. The van der Waals surface area contributed by atoms with Crippen molar-refractivity contribution in [1.82, 2.24) is 9.13 Å². The maximum absolute atomic E-state index is 2.47. The van der Waals surface area contributed by atoms with E-state index < -0.39 is 0 Å². The quantitative estimate of drug-likeness (QED) is 0.195. The van der Waals surface area contributed by atoms with Gasteiger partial charge in [0.05, 0.1) is 22.1 Å². The number of hydrogen-bond acceptors (Lipinski definition) is 0. The van der Waals surface area contributed by atoms with Crippen LogP contribution >= 0.6 is 0 Å². The Balaban J connectivity index is 0.000000412. The second-order valence-corrected chi connectivity index (χ2v) is 12.3. The van der Waals surface area contributed by atoms with Gasteiger partial charge in [-0.15, -0.1) is 0 Å². The first kappa shape index (κ1) is 28.7. The summed E-state index contributed by atoms with van der Waals surface area (Å²) in [5.74, 6) is 0.479. The first-order valence-electron chi connectivity index (χ1n) is 16.1. The van der Waals surface area contributed by atoms with Gasteiger partial charge in [-0.25, -0.2) is 0 Å². The highest BCUT2D eigenvalue weighted by Gasteiger charge is 2.23. The number of fused-ring (bicyclic) bond motifs is 7. The molecule has 0 spiro atoms. The molecule has 2 nitrogen and oxygen atoms in total. The Morgan fingerprint density at radius 1 is 0.578 bits per heavy atom. The molecule has 0 radical (unpaired) electrons. The highest BCUT2D eigenvalue weighted by Crippen LogP contribution is 2.45. The van der Waals surface area contributed by atoms with E-state index in [0.29, 0.717) is 5.92 Å². The van der Waals surface area contributed by atoms with E-state index in [1.165, 1.54) is 77.1 Å². The van der Waals surface area contributed by atoms with Crippen LogP contribution in [0.5, 0.6) is 0 Å². The Morgan fingerprint density at radius 3 is 1.89 bits per heavy atom. The molecule has 6 aromatic carbocycles. The first-order chi connectivity index (χ1) is 22.0. The van der Waals surface area contributed by atoms with E-state index in [4.69, 9.17) is 0 Å². The zero-order chi connectivity index (χ0) is 31.1. The Morgan fingerprint density at radius 2 is 1.20 bits per heavy atom. The van der Waals surface area contributed by atoms with E-state index in [1.54, 1.807) is 0 Å². The molecule has 1 atom stereocenters.